The Balaban J connectivity index is 1.62. The van der Waals surface area contributed by atoms with E-state index in [2.05, 4.69) is 19.2 Å². The largest absolute Gasteiger partial charge is 0.484 e. The second kappa shape index (κ2) is 7.74. The number of carbonyl (C=O) groups excluding carboxylic acids is 1. The van der Waals surface area contributed by atoms with Gasteiger partial charge in [0, 0.05) is 12.2 Å². The van der Waals surface area contributed by atoms with E-state index in [-0.39, 0.29) is 17.4 Å². The van der Waals surface area contributed by atoms with Crippen LogP contribution < -0.4 is 14.9 Å². The molecule has 0 bridgehead atoms. The number of ether oxygens (including phenoxy) is 1. The summed E-state index contributed by atoms with van der Waals surface area (Å²) in [7, 11) is 0. The standard InChI is InChI=1S/C20H22N2O3S/c1-4-22-17-10-7-15(11-18(17)26-20(22)24)21-19(23)12-25-16-8-5-14(6-9-16)13(2)3/h5-11,13H,4,12H2,1-3H3,(H,21,23). The lowest BCUT2D eigenvalue weighted by Gasteiger charge is -2.09. The molecule has 1 amide bonds. The summed E-state index contributed by atoms with van der Waals surface area (Å²) in [4.78, 5) is 24.0. The van der Waals surface area contributed by atoms with Gasteiger partial charge in [-0.15, -0.1) is 0 Å². The fourth-order valence-electron chi connectivity index (χ4n) is 2.74. The number of amides is 1. The average molecular weight is 370 g/mol. The average Bonchev–Trinajstić information content (AvgIpc) is 2.94. The van der Waals surface area contributed by atoms with Crippen molar-refractivity contribution in [1.82, 2.24) is 4.57 Å². The van der Waals surface area contributed by atoms with Crippen molar-refractivity contribution in [3.63, 3.8) is 0 Å². The number of nitrogens with zero attached hydrogens (tertiary/aromatic N) is 1. The monoisotopic (exact) mass is 370 g/mol. The van der Waals surface area contributed by atoms with E-state index < -0.39 is 0 Å². The van der Waals surface area contributed by atoms with Gasteiger partial charge in [-0.3, -0.25) is 14.2 Å². The lowest BCUT2D eigenvalue weighted by atomic mass is 10.0. The Morgan fingerprint density at radius 2 is 1.92 bits per heavy atom. The third-order valence-electron chi connectivity index (χ3n) is 4.18. The van der Waals surface area contributed by atoms with E-state index >= 15 is 0 Å². The molecule has 0 fully saturated rings. The molecule has 2 aromatic carbocycles. The molecule has 0 atom stereocenters. The Hall–Kier alpha value is -2.60. The van der Waals surface area contributed by atoms with Crippen LogP contribution in [-0.4, -0.2) is 17.1 Å². The highest BCUT2D eigenvalue weighted by Gasteiger charge is 2.09. The highest BCUT2D eigenvalue weighted by molar-refractivity contribution is 7.16. The van der Waals surface area contributed by atoms with Crippen molar-refractivity contribution in [2.24, 2.45) is 0 Å². The molecule has 6 heteroatoms. The molecule has 0 radical (unpaired) electrons. The molecule has 3 rings (SSSR count). The molecule has 0 aliphatic rings. The summed E-state index contributed by atoms with van der Waals surface area (Å²) in [6.45, 7) is 6.77. The number of benzene rings is 2. The van der Waals surface area contributed by atoms with Crippen molar-refractivity contribution in [2.75, 3.05) is 11.9 Å². The van der Waals surface area contributed by atoms with E-state index in [4.69, 9.17) is 4.74 Å². The first kappa shape index (κ1) is 18.2. The molecule has 0 saturated carbocycles. The summed E-state index contributed by atoms with van der Waals surface area (Å²) < 4.78 is 8.12. The third-order valence-corrected chi connectivity index (χ3v) is 5.13. The maximum atomic E-state index is 12.1. The molecule has 0 spiro atoms. The van der Waals surface area contributed by atoms with E-state index in [0.717, 1.165) is 10.2 Å². The number of aryl methyl sites for hydroxylation is 1. The molecule has 0 unspecified atom stereocenters. The van der Waals surface area contributed by atoms with E-state index in [9.17, 15) is 9.59 Å². The van der Waals surface area contributed by atoms with E-state index in [1.165, 1.54) is 16.9 Å². The summed E-state index contributed by atoms with van der Waals surface area (Å²) in [6, 6.07) is 13.2. The van der Waals surface area contributed by atoms with Crippen LogP contribution >= 0.6 is 11.3 Å². The third kappa shape index (κ3) is 3.96. The van der Waals surface area contributed by atoms with Crippen molar-refractivity contribution < 1.29 is 9.53 Å². The molecule has 5 nitrogen and oxygen atoms in total. The van der Waals surface area contributed by atoms with E-state index in [1.54, 1.807) is 10.6 Å². The van der Waals surface area contributed by atoms with Gasteiger partial charge in [0.1, 0.15) is 5.75 Å². The van der Waals surface area contributed by atoms with Crippen LogP contribution in [0.3, 0.4) is 0 Å². The highest BCUT2D eigenvalue weighted by atomic mass is 32.1. The molecule has 0 aliphatic carbocycles. The Labute approximate surface area is 156 Å². The maximum Gasteiger partial charge on any atom is 0.308 e. The van der Waals surface area contributed by atoms with Crippen molar-refractivity contribution in [1.29, 1.82) is 0 Å². The van der Waals surface area contributed by atoms with Gasteiger partial charge >= 0.3 is 4.87 Å². The lowest BCUT2D eigenvalue weighted by Crippen LogP contribution is -2.20. The first-order valence-electron chi connectivity index (χ1n) is 8.64. The van der Waals surface area contributed by atoms with Crippen LogP contribution in [0.4, 0.5) is 5.69 Å². The van der Waals surface area contributed by atoms with Crippen molar-refractivity contribution in [3.05, 3.63) is 57.7 Å². The minimum absolute atomic E-state index is 0.0131. The van der Waals surface area contributed by atoms with Crippen molar-refractivity contribution in [2.45, 2.75) is 33.2 Å². The lowest BCUT2D eigenvalue weighted by molar-refractivity contribution is -0.118. The van der Waals surface area contributed by atoms with Crippen molar-refractivity contribution in [3.8, 4) is 5.75 Å². The molecule has 26 heavy (non-hydrogen) atoms. The molecular formula is C20H22N2O3S. The highest BCUT2D eigenvalue weighted by Crippen LogP contribution is 2.22. The van der Waals surface area contributed by atoms with Gasteiger partial charge in [0.25, 0.3) is 5.91 Å². The summed E-state index contributed by atoms with van der Waals surface area (Å²) in [5.74, 6) is 0.887. The smallest absolute Gasteiger partial charge is 0.308 e. The van der Waals surface area contributed by atoms with Crippen molar-refractivity contribution >= 4 is 33.1 Å². The van der Waals surface area contributed by atoms with Crippen LogP contribution in [0.1, 0.15) is 32.3 Å². The molecule has 1 aromatic heterocycles. The zero-order chi connectivity index (χ0) is 18.7. The second-order valence-corrected chi connectivity index (χ2v) is 7.35. The predicted molar refractivity (Wildman–Crippen MR) is 106 cm³/mol. The van der Waals surface area contributed by atoms with Crippen LogP contribution in [0.25, 0.3) is 10.2 Å². The fraction of sp³-hybridized carbons (Fsp3) is 0.300. The first-order valence-corrected chi connectivity index (χ1v) is 9.45. The quantitative estimate of drug-likeness (QED) is 0.706. The molecule has 0 saturated heterocycles. The SMILES string of the molecule is CCn1c(=O)sc2cc(NC(=O)COc3ccc(C(C)C)cc3)ccc21. The van der Waals surface area contributed by atoms with Crippen LogP contribution in [0.15, 0.2) is 47.3 Å². The molecule has 136 valence electrons. The second-order valence-electron chi connectivity index (χ2n) is 6.36. The first-order chi connectivity index (χ1) is 12.5. The number of nitrogens with one attached hydrogen (secondary N) is 1. The number of aromatic nitrogens is 1. The summed E-state index contributed by atoms with van der Waals surface area (Å²) in [5.41, 5.74) is 2.78. The number of anilines is 1. The van der Waals surface area contributed by atoms with Gasteiger partial charge in [-0.2, -0.15) is 0 Å². The van der Waals surface area contributed by atoms with Gasteiger partial charge in [0.15, 0.2) is 6.61 Å². The molecular weight excluding hydrogens is 348 g/mol. The van der Waals surface area contributed by atoms with Crippen LogP contribution in [-0.2, 0) is 11.3 Å². The van der Waals surface area contributed by atoms with E-state index in [1.807, 2.05) is 43.3 Å². The number of rotatable bonds is 6. The minimum atomic E-state index is -0.237. The minimum Gasteiger partial charge on any atom is -0.484 e. The molecule has 1 N–H and O–H groups in total. The number of thiazole rings is 1. The zero-order valence-electron chi connectivity index (χ0n) is 15.1. The Bertz CT molecular complexity index is 971. The van der Waals surface area contributed by atoms with Gasteiger partial charge in [-0.25, -0.2) is 0 Å². The molecule has 0 aliphatic heterocycles. The van der Waals surface area contributed by atoms with Gasteiger partial charge in [-0.05, 0) is 48.7 Å². The zero-order valence-corrected chi connectivity index (χ0v) is 15.9. The maximum absolute atomic E-state index is 12.1. The predicted octanol–water partition coefficient (Wildman–Crippen LogP) is 4.22. The molecule has 1 heterocycles. The Morgan fingerprint density at radius 1 is 1.19 bits per heavy atom. The fourth-order valence-corrected chi connectivity index (χ4v) is 3.73. The van der Waals surface area contributed by atoms with Gasteiger partial charge in [0.05, 0.1) is 10.2 Å². The van der Waals surface area contributed by atoms with Crippen LogP contribution in [0, 0.1) is 0 Å². The van der Waals surface area contributed by atoms with Gasteiger partial charge < -0.3 is 10.1 Å². The number of fused-ring (bicyclic) bond motifs is 1. The van der Waals surface area contributed by atoms with Crippen LogP contribution in [0.5, 0.6) is 5.75 Å². The van der Waals surface area contributed by atoms with Gasteiger partial charge in [0.2, 0.25) is 0 Å². The summed E-state index contributed by atoms with van der Waals surface area (Å²) >= 11 is 1.18. The van der Waals surface area contributed by atoms with Crippen LogP contribution in [0.2, 0.25) is 0 Å². The van der Waals surface area contributed by atoms with E-state index in [0.29, 0.717) is 23.9 Å². The normalized spacial score (nSPS) is 11.1. The topological polar surface area (TPSA) is 60.3 Å². The number of hydrogen-bond acceptors (Lipinski definition) is 4. The van der Waals surface area contributed by atoms with Gasteiger partial charge in [-0.1, -0.05) is 37.3 Å². The Kier molecular flexibility index (Phi) is 5.42. The summed E-state index contributed by atoms with van der Waals surface area (Å²) in [6.07, 6.45) is 0. The Morgan fingerprint density at radius 3 is 2.58 bits per heavy atom. The number of hydrogen-bond donors (Lipinski definition) is 1. The summed E-state index contributed by atoms with van der Waals surface area (Å²) in [5, 5.41) is 2.81. The number of carbonyl (C=O) groups is 1. The molecule has 3 aromatic rings.